The van der Waals surface area contributed by atoms with E-state index < -0.39 is 5.91 Å². The molecule has 8 heteroatoms. The first-order valence-electron chi connectivity index (χ1n) is 11.3. The third kappa shape index (κ3) is 4.39. The zero-order valence-electron chi connectivity index (χ0n) is 20.0. The number of aryl methyl sites for hydroxylation is 3. The molecule has 2 aliphatic rings. The molecule has 0 fully saturated rings. The van der Waals surface area contributed by atoms with Crippen molar-refractivity contribution in [2.45, 2.75) is 33.4 Å². The zero-order chi connectivity index (χ0) is 24.7. The average Bonchev–Trinajstić information content (AvgIpc) is 3.37. The number of amides is 1. The molecule has 176 valence electrons. The summed E-state index contributed by atoms with van der Waals surface area (Å²) in [6.07, 6.45) is 1.79. The molecule has 3 heterocycles. The predicted octanol–water partition coefficient (Wildman–Crippen LogP) is 6.22. The Labute approximate surface area is 213 Å². The average molecular weight is 500 g/mol. The van der Waals surface area contributed by atoms with E-state index in [2.05, 4.69) is 71.1 Å². The lowest BCUT2D eigenvalue weighted by Gasteiger charge is -2.24. The number of rotatable bonds is 4. The Hall–Kier alpha value is -3.36. The molecule has 0 spiro atoms. The monoisotopic (exact) mass is 499 g/mol. The van der Waals surface area contributed by atoms with Crippen LogP contribution in [0.5, 0.6) is 0 Å². The molecule has 0 atom stereocenters. The summed E-state index contributed by atoms with van der Waals surface area (Å²) >= 11 is 2.68. The van der Waals surface area contributed by atoms with Crippen molar-refractivity contribution in [3.05, 3.63) is 93.8 Å². The number of hydrogen-bond acceptors (Lipinski definition) is 5. The van der Waals surface area contributed by atoms with E-state index in [0.717, 1.165) is 40.3 Å². The quantitative estimate of drug-likeness (QED) is 0.342. The first-order valence-corrected chi connectivity index (χ1v) is 13.0. The second-order valence-electron chi connectivity index (χ2n) is 8.61. The lowest BCUT2D eigenvalue weighted by molar-refractivity contribution is -0.114. The number of hydrogen-bond donors (Lipinski definition) is 1. The number of aromatic nitrogens is 1. The minimum absolute atomic E-state index is 0.111. The van der Waals surface area contributed by atoms with Gasteiger partial charge < -0.3 is 4.57 Å². The van der Waals surface area contributed by atoms with Gasteiger partial charge >= 0.3 is 0 Å². The lowest BCUT2D eigenvalue weighted by atomic mass is 10.1. The SMILES string of the molecule is Cc1ccc(-n2c(C)cc(C=C3C(=N)N4C(SCc5ccccc5)=NSC4=NC3=O)c2C)cc1C. The third-order valence-corrected chi connectivity index (χ3v) is 8.05. The van der Waals surface area contributed by atoms with Crippen LogP contribution in [-0.2, 0) is 10.5 Å². The van der Waals surface area contributed by atoms with Gasteiger partial charge in [0.05, 0.1) is 17.5 Å². The van der Waals surface area contributed by atoms with Gasteiger partial charge in [-0.05, 0) is 74.2 Å². The number of carbonyl (C=O) groups excluding carboxylic acids is 1. The Morgan fingerprint density at radius 1 is 1.03 bits per heavy atom. The maximum atomic E-state index is 12.9. The fourth-order valence-electron chi connectivity index (χ4n) is 4.17. The van der Waals surface area contributed by atoms with Crippen molar-refractivity contribution in [2.24, 2.45) is 9.39 Å². The Kier molecular flexibility index (Phi) is 6.25. The van der Waals surface area contributed by atoms with Crippen LogP contribution in [0.4, 0.5) is 0 Å². The fraction of sp³-hybridized carbons (Fsp3) is 0.185. The van der Waals surface area contributed by atoms with Crippen molar-refractivity contribution in [1.82, 2.24) is 9.47 Å². The van der Waals surface area contributed by atoms with Crippen molar-refractivity contribution in [3.63, 3.8) is 0 Å². The minimum atomic E-state index is -0.408. The van der Waals surface area contributed by atoms with Crippen molar-refractivity contribution >= 4 is 51.9 Å². The Balaban J connectivity index is 1.45. The van der Waals surface area contributed by atoms with Gasteiger partial charge in [0, 0.05) is 22.8 Å². The van der Waals surface area contributed by atoms with Gasteiger partial charge in [0.1, 0.15) is 5.84 Å². The van der Waals surface area contributed by atoms with Crippen LogP contribution in [0.15, 0.2) is 69.6 Å². The van der Waals surface area contributed by atoms with Crippen LogP contribution in [-0.4, -0.2) is 31.5 Å². The van der Waals surface area contributed by atoms with Gasteiger partial charge in [0.25, 0.3) is 5.91 Å². The van der Waals surface area contributed by atoms with Crippen LogP contribution >= 0.6 is 23.7 Å². The fourth-order valence-corrected chi connectivity index (χ4v) is 5.97. The summed E-state index contributed by atoms with van der Waals surface area (Å²) in [6.45, 7) is 8.30. The van der Waals surface area contributed by atoms with Gasteiger partial charge in [-0.25, -0.2) is 4.90 Å². The summed E-state index contributed by atoms with van der Waals surface area (Å²) in [7, 11) is 0. The summed E-state index contributed by atoms with van der Waals surface area (Å²) in [4.78, 5) is 18.8. The molecule has 0 unspecified atom stereocenters. The van der Waals surface area contributed by atoms with Crippen LogP contribution in [0.25, 0.3) is 11.8 Å². The van der Waals surface area contributed by atoms with Crippen LogP contribution in [0, 0.1) is 33.1 Å². The maximum Gasteiger partial charge on any atom is 0.283 e. The molecule has 5 rings (SSSR count). The van der Waals surface area contributed by atoms with Gasteiger partial charge in [-0.1, -0.05) is 48.2 Å². The first-order chi connectivity index (χ1) is 16.8. The van der Waals surface area contributed by atoms with E-state index in [-0.39, 0.29) is 11.4 Å². The Morgan fingerprint density at radius 3 is 2.54 bits per heavy atom. The molecular weight excluding hydrogens is 474 g/mol. The van der Waals surface area contributed by atoms with E-state index in [4.69, 9.17) is 5.41 Å². The molecule has 3 aromatic rings. The summed E-state index contributed by atoms with van der Waals surface area (Å²) in [5.74, 6) is 0.427. The van der Waals surface area contributed by atoms with Crippen molar-refractivity contribution in [1.29, 1.82) is 5.41 Å². The molecule has 1 aromatic heterocycles. The number of amidine groups is 3. The number of nitrogens with zero attached hydrogens (tertiary/aromatic N) is 4. The standard InChI is InChI=1S/C27H25N5OS2/c1-16-10-11-22(12-17(16)2)31-18(3)13-21(19(31)4)14-23-24(28)32-26(29-25(23)33)35-30-27(32)34-15-20-8-6-5-7-9-20/h5-14,28H,15H2,1-4H3. The topological polar surface area (TPSA) is 73.8 Å². The van der Waals surface area contributed by atoms with E-state index in [1.165, 1.54) is 28.5 Å². The number of carbonyl (C=O) groups is 1. The predicted molar refractivity (Wildman–Crippen MR) is 147 cm³/mol. The number of benzene rings is 2. The number of thioether (sulfide) groups is 1. The highest BCUT2D eigenvalue weighted by Crippen LogP contribution is 2.33. The molecule has 1 amide bonds. The lowest BCUT2D eigenvalue weighted by Crippen LogP contribution is -2.41. The maximum absolute atomic E-state index is 12.9. The highest BCUT2D eigenvalue weighted by atomic mass is 32.2. The highest BCUT2D eigenvalue weighted by molar-refractivity contribution is 8.18. The second-order valence-corrected chi connectivity index (χ2v) is 10.3. The summed E-state index contributed by atoms with van der Waals surface area (Å²) < 4.78 is 6.66. The van der Waals surface area contributed by atoms with Gasteiger partial charge in [0.15, 0.2) is 5.17 Å². The van der Waals surface area contributed by atoms with Crippen molar-refractivity contribution < 1.29 is 4.79 Å². The summed E-state index contributed by atoms with van der Waals surface area (Å²) in [5, 5.41) is 9.96. The number of fused-ring (bicyclic) bond motifs is 1. The number of aliphatic imine (C=N–C) groups is 1. The molecule has 0 bridgehead atoms. The van der Waals surface area contributed by atoms with Gasteiger partial charge in [-0.15, -0.1) is 0 Å². The Morgan fingerprint density at radius 2 is 1.80 bits per heavy atom. The minimum Gasteiger partial charge on any atom is -0.318 e. The van der Waals surface area contributed by atoms with E-state index in [0.29, 0.717) is 10.3 Å². The molecular formula is C27H25N5OS2. The molecule has 35 heavy (non-hydrogen) atoms. The molecule has 1 N–H and O–H groups in total. The molecule has 6 nitrogen and oxygen atoms in total. The van der Waals surface area contributed by atoms with Gasteiger partial charge in [-0.3, -0.25) is 10.2 Å². The zero-order valence-corrected chi connectivity index (χ0v) is 21.6. The van der Waals surface area contributed by atoms with Crippen LogP contribution in [0.2, 0.25) is 0 Å². The van der Waals surface area contributed by atoms with Gasteiger partial charge in [0.2, 0.25) is 5.17 Å². The highest BCUT2D eigenvalue weighted by Gasteiger charge is 2.37. The normalized spacial score (nSPS) is 16.6. The van der Waals surface area contributed by atoms with Crippen LogP contribution in [0.1, 0.15) is 33.6 Å². The van der Waals surface area contributed by atoms with Crippen LogP contribution in [0.3, 0.4) is 0 Å². The largest absolute Gasteiger partial charge is 0.318 e. The van der Waals surface area contributed by atoms with E-state index in [9.17, 15) is 4.79 Å². The Bertz CT molecular complexity index is 1450. The van der Waals surface area contributed by atoms with E-state index in [1.54, 1.807) is 11.0 Å². The first kappa shape index (κ1) is 23.4. The van der Waals surface area contributed by atoms with Gasteiger partial charge in [-0.2, -0.15) is 9.39 Å². The van der Waals surface area contributed by atoms with Crippen molar-refractivity contribution in [3.8, 4) is 5.69 Å². The van der Waals surface area contributed by atoms with Crippen molar-refractivity contribution in [2.75, 3.05) is 0 Å². The molecule has 2 aromatic carbocycles. The second kappa shape index (κ2) is 9.36. The summed E-state index contributed by atoms with van der Waals surface area (Å²) in [5.41, 5.74) is 7.97. The molecule has 0 saturated heterocycles. The van der Waals surface area contributed by atoms with Crippen LogP contribution < -0.4 is 0 Å². The third-order valence-electron chi connectivity index (χ3n) is 6.22. The smallest absolute Gasteiger partial charge is 0.283 e. The van der Waals surface area contributed by atoms with E-state index in [1.807, 2.05) is 25.1 Å². The molecule has 0 aliphatic carbocycles. The summed E-state index contributed by atoms with van der Waals surface area (Å²) in [6, 6.07) is 18.6. The number of nitrogens with one attached hydrogen (secondary N) is 1. The molecule has 2 aliphatic heterocycles. The molecule has 0 radical (unpaired) electrons. The van der Waals surface area contributed by atoms with E-state index >= 15 is 0 Å². The molecule has 0 saturated carbocycles.